The summed E-state index contributed by atoms with van der Waals surface area (Å²) in [5.41, 5.74) is 0. The van der Waals surface area contributed by atoms with Gasteiger partial charge in [-0.15, -0.1) is 0 Å². The standard InChI is InChI=1S/Cr.3Mg.2H3O4P.2H2O.2O/c;;;;2*1-5(2,3)4;;;;/h;;;;2*(H3,1,2,3,4);2*1H2;;/q4*+2;;;;;;/p-8. The zero-order chi connectivity index (χ0) is 13.5. The molecule has 0 amide bonds. The van der Waals surface area contributed by atoms with Gasteiger partial charge in [-0.2, -0.15) is 15.6 Å². The van der Waals surface area contributed by atoms with Gasteiger partial charge in [-0.3, -0.25) is 0 Å². The second-order valence-electron chi connectivity index (χ2n) is 1.34. The van der Waals surface area contributed by atoms with Crippen molar-refractivity contribution in [3.8, 4) is 0 Å². The van der Waals surface area contributed by atoms with E-state index in [1.807, 2.05) is 0 Å². The van der Waals surface area contributed by atoms with Crippen LogP contribution in [0.5, 0.6) is 0 Å². The summed E-state index contributed by atoms with van der Waals surface area (Å²) in [5.74, 6) is 0. The number of phosphoric acid groups is 2. The molecule has 0 fully saturated rings. The topological polar surface area (TPSA) is 247 Å². The van der Waals surface area contributed by atoms with Crippen molar-refractivity contribution in [3.63, 3.8) is 0 Å². The molecule has 0 atom stereocenters. The van der Waals surface area contributed by atoms with Crippen LogP contribution in [0.3, 0.4) is 0 Å². The zero-order valence-corrected chi connectivity index (χ0v) is 15.7. The van der Waals surface area contributed by atoms with Crippen LogP contribution in [0.1, 0.15) is 0 Å². The Hall–Kier alpha value is 2.57. The normalized spacial score (nSPS) is 9.78. The predicted molar refractivity (Wildman–Crippen MR) is 38.3 cm³/mol. The fraction of sp³-hybridized carbons (Fsp3) is 0. The molecular formula is H2CrMg3O12P2. The summed E-state index contributed by atoms with van der Waals surface area (Å²) in [6.45, 7) is 0. The van der Waals surface area contributed by atoms with Crippen molar-refractivity contribution in [2.75, 3.05) is 0 Å². The summed E-state index contributed by atoms with van der Waals surface area (Å²) >= 11 is -5.25. The van der Waals surface area contributed by atoms with E-state index in [-0.39, 0.29) is 69.2 Å². The van der Waals surface area contributed by atoms with Gasteiger partial charge in [0.1, 0.15) is 0 Å². The van der Waals surface area contributed by atoms with Crippen LogP contribution in [0.15, 0.2) is 0 Å². The molecule has 12 nitrogen and oxygen atoms in total. The van der Waals surface area contributed by atoms with Gasteiger partial charge in [0.25, 0.3) is 0 Å². The van der Waals surface area contributed by atoms with Crippen LogP contribution in [-0.4, -0.2) is 77.5 Å². The summed E-state index contributed by atoms with van der Waals surface area (Å²) < 4.78 is 49.0. The summed E-state index contributed by atoms with van der Waals surface area (Å²) in [7, 11) is -10.8. The molecule has 0 spiro atoms. The first kappa shape index (κ1) is 37.1. The fourth-order valence-corrected chi connectivity index (χ4v) is 0. The van der Waals surface area contributed by atoms with E-state index in [4.69, 9.17) is 54.4 Å². The molecule has 2 N–H and O–H groups in total. The van der Waals surface area contributed by atoms with Crippen LogP contribution < -0.4 is 29.4 Å². The van der Waals surface area contributed by atoms with E-state index in [1.54, 1.807) is 0 Å². The third-order valence-corrected chi connectivity index (χ3v) is 0. The second kappa shape index (κ2) is 16.0. The van der Waals surface area contributed by atoms with Crippen molar-refractivity contribution < 1.29 is 68.0 Å². The maximum atomic E-state index is 8.82. The molecule has 96 valence electrons. The van der Waals surface area contributed by atoms with Crippen LogP contribution in [0.2, 0.25) is 0 Å². The van der Waals surface area contributed by atoms with Crippen LogP contribution in [0.25, 0.3) is 0 Å². The summed E-state index contributed by atoms with van der Waals surface area (Å²) in [6.07, 6.45) is 0. The second-order valence-corrected chi connectivity index (χ2v) is 4.53. The molecule has 0 heterocycles. The molecule has 0 radical (unpaired) electrons. The van der Waals surface area contributed by atoms with E-state index >= 15 is 0 Å². The Labute approximate surface area is 151 Å². The van der Waals surface area contributed by atoms with Crippen LogP contribution in [0, 0.1) is 0 Å². The van der Waals surface area contributed by atoms with Gasteiger partial charge in [0, 0.05) is 0 Å². The van der Waals surface area contributed by atoms with E-state index in [0.29, 0.717) is 0 Å². The third kappa shape index (κ3) is 867. The molecule has 0 bridgehead atoms. The van der Waals surface area contributed by atoms with Crippen LogP contribution in [0.4, 0.5) is 0 Å². The van der Waals surface area contributed by atoms with Crippen molar-refractivity contribution in [2.45, 2.75) is 0 Å². The molecule has 0 aliphatic heterocycles. The fourth-order valence-electron chi connectivity index (χ4n) is 0. The van der Waals surface area contributed by atoms with Gasteiger partial charge < -0.3 is 38.5 Å². The van der Waals surface area contributed by atoms with Crippen molar-refractivity contribution >= 4 is 84.8 Å². The summed E-state index contributed by atoms with van der Waals surface area (Å²) in [4.78, 5) is 51.3. The summed E-state index contributed by atoms with van der Waals surface area (Å²) in [6, 6.07) is 0. The first-order valence-electron chi connectivity index (χ1n) is 2.16. The van der Waals surface area contributed by atoms with Gasteiger partial charge in [-0.25, -0.2) is 0 Å². The van der Waals surface area contributed by atoms with Crippen molar-refractivity contribution in [1.29, 1.82) is 0 Å². The van der Waals surface area contributed by atoms with Crippen LogP contribution >= 0.6 is 15.6 Å². The van der Waals surface area contributed by atoms with E-state index < -0.39 is 29.3 Å². The first-order chi connectivity index (χ1) is 6.00. The van der Waals surface area contributed by atoms with E-state index in [0.717, 1.165) is 0 Å². The molecule has 0 rings (SSSR count). The van der Waals surface area contributed by atoms with Crippen molar-refractivity contribution in [3.05, 3.63) is 0 Å². The number of hydrogen-bond donors (Lipinski definition) is 2. The van der Waals surface area contributed by atoms with Gasteiger partial charge in [0.2, 0.25) is 0 Å². The molecule has 0 aliphatic carbocycles. The number of rotatable bonds is 0. The zero-order valence-electron chi connectivity index (χ0n) is 8.40. The molecule has 0 saturated heterocycles. The third-order valence-electron chi connectivity index (χ3n) is 0. The monoisotopic (exact) mass is 380 g/mol. The van der Waals surface area contributed by atoms with Gasteiger partial charge in [0.15, 0.2) is 0 Å². The first-order valence-corrected chi connectivity index (χ1v) is 7.26. The van der Waals surface area contributed by atoms with Crippen molar-refractivity contribution in [2.24, 2.45) is 0 Å². The molecule has 0 saturated carbocycles. The van der Waals surface area contributed by atoms with Gasteiger partial charge in [-0.05, 0) is 0 Å². The van der Waals surface area contributed by atoms with E-state index in [1.165, 1.54) is 0 Å². The van der Waals surface area contributed by atoms with E-state index in [2.05, 4.69) is 0 Å². The Balaban J connectivity index is -0.0000000277. The van der Waals surface area contributed by atoms with E-state index in [9.17, 15) is 0 Å². The average Bonchev–Trinajstić information content (AvgIpc) is 1.41. The number of hydrogen-bond acceptors (Lipinski definition) is 10. The van der Waals surface area contributed by atoms with Crippen LogP contribution in [-0.2, 0) is 30.4 Å². The Morgan fingerprint density at radius 2 is 0.667 bits per heavy atom. The molecule has 0 aromatic rings. The Morgan fingerprint density at radius 1 is 0.667 bits per heavy atom. The molecular weight excluding hydrogens is 379 g/mol. The minimum absolute atomic E-state index is 0. The Morgan fingerprint density at radius 3 is 0.667 bits per heavy atom. The molecule has 0 unspecified atom stereocenters. The predicted octanol–water partition coefficient (Wildman–Crippen LogP) is -8.15. The van der Waals surface area contributed by atoms with Crippen molar-refractivity contribution in [1.82, 2.24) is 0 Å². The average molecular weight is 381 g/mol. The van der Waals surface area contributed by atoms with Gasteiger partial charge in [0.05, 0.1) is 0 Å². The molecule has 0 aliphatic rings. The minimum atomic E-state index is -5.39. The molecule has 18 heteroatoms. The molecule has 0 aromatic heterocycles. The SMILES string of the molecule is O=P([O-])([O-])[O-].O=P([O-])([O-])[O-].[Mg+2].[Mg+2].[Mg+2].[O]=[Cr](=[O])([OH])[OH]. The van der Waals surface area contributed by atoms with Gasteiger partial charge >= 0.3 is 98.7 Å². The summed E-state index contributed by atoms with van der Waals surface area (Å²) in [5, 5.41) is 0. The molecule has 0 aromatic carbocycles. The maximum absolute atomic E-state index is 8.82. The van der Waals surface area contributed by atoms with Gasteiger partial charge in [-0.1, -0.05) is 0 Å². The Kier molecular flexibility index (Phi) is 32.9. The quantitative estimate of drug-likeness (QED) is 0.293. The molecule has 18 heavy (non-hydrogen) atoms. The Bertz CT molecular complexity index is 290.